The molecular weight excluding hydrogens is 330 g/mol. The normalized spacial score (nSPS) is 17.8. The molecule has 0 unspecified atom stereocenters. The van der Waals surface area contributed by atoms with E-state index in [-0.39, 0.29) is 18.1 Å². The molecule has 7 nitrogen and oxygen atoms in total. The van der Waals surface area contributed by atoms with E-state index in [4.69, 9.17) is 4.74 Å². The number of aromatic nitrogens is 1. The van der Waals surface area contributed by atoms with Gasteiger partial charge in [0.1, 0.15) is 0 Å². The lowest BCUT2D eigenvalue weighted by Crippen LogP contribution is -2.46. The Labute approximate surface area is 124 Å². The Bertz CT molecular complexity index is 505. The molecule has 0 saturated carbocycles. The Morgan fingerprint density at radius 1 is 1.60 bits per heavy atom. The molecular formula is C12H16BrN3O4. The van der Waals surface area contributed by atoms with Crippen molar-refractivity contribution in [1.29, 1.82) is 0 Å². The first kappa shape index (κ1) is 15.1. The number of ether oxygens (including phenoxy) is 1. The Hall–Kier alpha value is -1.25. The summed E-state index contributed by atoms with van der Waals surface area (Å²) in [6, 6.07) is 1.41. The van der Waals surface area contributed by atoms with Gasteiger partial charge in [-0.2, -0.15) is 0 Å². The summed E-state index contributed by atoms with van der Waals surface area (Å²) in [4.78, 5) is 16.3. The fourth-order valence-electron chi connectivity index (χ4n) is 2.28. The molecule has 0 spiro atoms. The second kappa shape index (κ2) is 6.02. The van der Waals surface area contributed by atoms with Crippen LogP contribution < -0.4 is 4.90 Å². The molecule has 0 aromatic carbocycles. The van der Waals surface area contributed by atoms with Gasteiger partial charge in [-0.1, -0.05) is 0 Å². The molecule has 1 aliphatic heterocycles. The number of hydrogen-bond donors (Lipinski definition) is 1. The molecule has 1 aliphatic rings. The molecule has 20 heavy (non-hydrogen) atoms. The van der Waals surface area contributed by atoms with E-state index < -0.39 is 10.5 Å². The number of likely N-dealkylation sites (N-methyl/N-ethyl adjacent to an activating group) is 1. The smallest absolute Gasteiger partial charge is 0.312 e. The molecule has 1 aromatic heterocycles. The van der Waals surface area contributed by atoms with Crippen molar-refractivity contribution < 1.29 is 14.8 Å². The van der Waals surface area contributed by atoms with Crippen molar-refractivity contribution in [3.8, 4) is 0 Å². The maximum Gasteiger partial charge on any atom is 0.312 e. The van der Waals surface area contributed by atoms with Gasteiger partial charge >= 0.3 is 5.69 Å². The van der Waals surface area contributed by atoms with Crippen LogP contribution in [0.2, 0.25) is 0 Å². The number of nitrogens with zero attached hydrogens (tertiary/aromatic N) is 3. The van der Waals surface area contributed by atoms with E-state index in [0.29, 0.717) is 30.5 Å². The third-order valence-electron chi connectivity index (χ3n) is 3.33. The van der Waals surface area contributed by atoms with Crippen molar-refractivity contribution in [3.05, 3.63) is 26.9 Å². The van der Waals surface area contributed by atoms with Crippen molar-refractivity contribution in [2.45, 2.75) is 18.4 Å². The molecule has 8 heteroatoms. The zero-order valence-electron chi connectivity index (χ0n) is 11.1. The largest absolute Gasteiger partial charge is 0.388 e. The summed E-state index contributed by atoms with van der Waals surface area (Å²) in [5.41, 5.74) is -0.979. The Kier molecular flexibility index (Phi) is 4.56. The highest BCUT2D eigenvalue weighted by Gasteiger charge is 2.33. The molecule has 1 N–H and O–H groups in total. The Balaban J connectivity index is 2.20. The summed E-state index contributed by atoms with van der Waals surface area (Å²) < 4.78 is 5.77. The lowest BCUT2D eigenvalue weighted by atomic mass is 9.94. The van der Waals surface area contributed by atoms with Crippen LogP contribution in [0, 0.1) is 10.1 Å². The fourth-order valence-corrected chi connectivity index (χ4v) is 2.59. The third kappa shape index (κ3) is 3.44. The molecule has 0 radical (unpaired) electrons. The van der Waals surface area contributed by atoms with Gasteiger partial charge in [0.15, 0.2) is 0 Å². The minimum Gasteiger partial charge on any atom is -0.388 e. The molecule has 1 saturated heterocycles. The van der Waals surface area contributed by atoms with Gasteiger partial charge < -0.3 is 14.7 Å². The lowest BCUT2D eigenvalue weighted by Gasteiger charge is -2.35. The van der Waals surface area contributed by atoms with Gasteiger partial charge in [-0.3, -0.25) is 10.1 Å². The van der Waals surface area contributed by atoms with Crippen LogP contribution in [0.1, 0.15) is 12.8 Å². The van der Waals surface area contributed by atoms with E-state index in [1.807, 2.05) is 0 Å². The SMILES string of the molecule is CN(CC1(O)CCOCC1)c1ncc(Br)cc1[N+](=O)[O-]. The third-order valence-corrected chi connectivity index (χ3v) is 3.76. The summed E-state index contributed by atoms with van der Waals surface area (Å²) in [5.74, 6) is 0.248. The molecule has 110 valence electrons. The van der Waals surface area contributed by atoms with Gasteiger partial charge in [0.25, 0.3) is 0 Å². The number of pyridine rings is 1. The maximum absolute atomic E-state index is 11.1. The predicted molar refractivity (Wildman–Crippen MR) is 76.9 cm³/mol. The first-order chi connectivity index (χ1) is 9.41. The molecule has 0 amide bonds. The van der Waals surface area contributed by atoms with Gasteiger partial charge in [-0.15, -0.1) is 0 Å². The van der Waals surface area contributed by atoms with Crippen LogP contribution in [0.4, 0.5) is 11.5 Å². The highest BCUT2D eigenvalue weighted by atomic mass is 79.9. The van der Waals surface area contributed by atoms with Crippen molar-refractivity contribution >= 4 is 27.4 Å². The number of rotatable bonds is 4. The number of halogens is 1. The number of hydrogen-bond acceptors (Lipinski definition) is 6. The standard InChI is InChI=1S/C12H16BrN3O4/c1-15(8-12(17)2-4-20-5-3-12)11-10(16(18)19)6-9(13)7-14-11/h6-7,17H,2-5,8H2,1H3. The summed E-state index contributed by atoms with van der Waals surface area (Å²) in [7, 11) is 1.69. The zero-order chi connectivity index (χ0) is 14.8. The van der Waals surface area contributed by atoms with Crippen molar-refractivity contribution in [1.82, 2.24) is 4.98 Å². The van der Waals surface area contributed by atoms with E-state index in [2.05, 4.69) is 20.9 Å². The van der Waals surface area contributed by atoms with Crippen LogP contribution >= 0.6 is 15.9 Å². The van der Waals surface area contributed by atoms with E-state index in [9.17, 15) is 15.2 Å². The molecule has 1 fully saturated rings. The van der Waals surface area contributed by atoms with E-state index in [0.717, 1.165) is 0 Å². The molecule has 0 atom stereocenters. The molecule has 1 aromatic rings. The molecule has 0 bridgehead atoms. The van der Waals surface area contributed by atoms with Crippen LogP contribution in [0.3, 0.4) is 0 Å². The van der Waals surface area contributed by atoms with Crippen molar-refractivity contribution in [2.75, 3.05) is 31.7 Å². The Morgan fingerprint density at radius 2 is 2.25 bits per heavy atom. The zero-order valence-corrected chi connectivity index (χ0v) is 12.7. The molecule has 0 aliphatic carbocycles. The lowest BCUT2D eigenvalue weighted by molar-refractivity contribution is -0.384. The van der Waals surface area contributed by atoms with E-state index >= 15 is 0 Å². The minimum absolute atomic E-state index is 0.0856. The monoisotopic (exact) mass is 345 g/mol. The van der Waals surface area contributed by atoms with Crippen LogP contribution in [-0.2, 0) is 4.74 Å². The summed E-state index contributed by atoms with van der Waals surface area (Å²) >= 11 is 3.17. The predicted octanol–water partition coefficient (Wildman–Crippen LogP) is 1.73. The number of aliphatic hydroxyl groups is 1. The maximum atomic E-state index is 11.1. The van der Waals surface area contributed by atoms with Gasteiger partial charge in [0.05, 0.1) is 10.5 Å². The first-order valence-corrected chi connectivity index (χ1v) is 7.02. The summed E-state index contributed by atoms with van der Waals surface area (Å²) in [6.07, 6.45) is 2.54. The van der Waals surface area contributed by atoms with Crippen LogP contribution in [0.15, 0.2) is 16.7 Å². The van der Waals surface area contributed by atoms with Crippen molar-refractivity contribution in [3.63, 3.8) is 0 Å². The quantitative estimate of drug-likeness (QED) is 0.660. The summed E-state index contributed by atoms with van der Waals surface area (Å²) in [5, 5.41) is 21.5. The number of anilines is 1. The first-order valence-electron chi connectivity index (χ1n) is 6.22. The average Bonchev–Trinajstić information content (AvgIpc) is 2.38. The fraction of sp³-hybridized carbons (Fsp3) is 0.583. The highest BCUT2D eigenvalue weighted by molar-refractivity contribution is 9.10. The van der Waals surface area contributed by atoms with E-state index in [1.165, 1.54) is 12.3 Å². The van der Waals surface area contributed by atoms with Gasteiger partial charge in [-0.05, 0) is 15.9 Å². The van der Waals surface area contributed by atoms with Crippen LogP contribution in [0.25, 0.3) is 0 Å². The van der Waals surface area contributed by atoms with Crippen LogP contribution in [-0.4, -0.2) is 47.4 Å². The number of nitro groups is 1. The van der Waals surface area contributed by atoms with Gasteiger partial charge in [-0.25, -0.2) is 4.98 Å². The second-order valence-corrected chi connectivity index (χ2v) is 5.86. The average molecular weight is 346 g/mol. The molecule has 2 rings (SSSR count). The van der Waals surface area contributed by atoms with Crippen molar-refractivity contribution in [2.24, 2.45) is 0 Å². The van der Waals surface area contributed by atoms with E-state index in [1.54, 1.807) is 11.9 Å². The minimum atomic E-state index is -0.893. The Morgan fingerprint density at radius 3 is 2.85 bits per heavy atom. The molecule has 2 heterocycles. The van der Waals surface area contributed by atoms with Gasteiger partial charge in [0.2, 0.25) is 5.82 Å². The van der Waals surface area contributed by atoms with Gasteiger partial charge in [0, 0.05) is 56.4 Å². The summed E-state index contributed by atoms with van der Waals surface area (Å²) in [6.45, 7) is 1.28. The van der Waals surface area contributed by atoms with Crippen LogP contribution in [0.5, 0.6) is 0 Å². The topological polar surface area (TPSA) is 88.7 Å². The highest BCUT2D eigenvalue weighted by Crippen LogP contribution is 2.30. The second-order valence-electron chi connectivity index (χ2n) is 4.95.